The highest BCUT2D eigenvalue weighted by Crippen LogP contribution is 2.39. The third-order valence-electron chi connectivity index (χ3n) is 5.27. The predicted molar refractivity (Wildman–Crippen MR) is 123 cm³/mol. The second-order valence-electron chi connectivity index (χ2n) is 7.40. The molecule has 1 unspecified atom stereocenters. The van der Waals surface area contributed by atoms with Crippen LogP contribution in [0.4, 0.5) is 0 Å². The van der Waals surface area contributed by atoms with Gasteiger partial charge in [0, 0.05) is 35.5 Å². The van der Waals surface area contributed by atoms with Gasteiger partial charge >= 0.3 is 0 Å². The minimum absolute atomic E-state index is 0.129. The molecule has 1 N–H and O–H groups in total. The van der Waals surface area contributed by atoms with Gasteiger partial charge in [-0.2, -0.15) is 5.10 Å². The van der Waals surface area contributed by atoms with Crippen LogP contribution in [0.2, 0.25) is 0 Å². The average Bonchev–Trinajstić information content (AvgIpc) is 3.19. The zero-order chi connectivity index (χ0) is 22.1. The molecule has 0 radical (unpaired) electrons. The lowest BCUT2D eigenvalue weighted by Crippen LogP contribution is -2.50. The van der Waals surface area contributed by atoms with E-state index in [1.54, 1.807) is 11.6 Å². The number of ketones is 1. The molecule has 7 heteroatoms. The molecule has 1 aliphatic rings. The highest BCUT2D eigenvalue weighted by Gasteiger charge is 2.39. The summed E-state index contributed by atoms with van der Waals surface area (Å²) >= 11 is 5.48. The van der Waals surface area contributed by atoms with Crippen molar-refractivity contribution in [1.29, 1.82) is 0 Å². The molecule has 1 aromatic heterocycles. The van der Waals surface area contributed by atoms with Gasteiger partial charge in [-0.15, -0.1) is 0 Å². The normalized spacial score (nSPS) is 16.3. The number of nitrogens with zero attached hydrogens (tertiary/aromatic N) is 3. The molecule has 31 heavy (non-hydrogen) atoms. The molecule has 156 valence electrons. The Morgan fingerprint density at radius 1 is 1.00 bits per heavy atom. The van der Waals surface area contributed by atoms with Crippen LogP contribution in [-0.4, -0.2) is 31.5 Å². The lowest BCUT2D eigenvalue weighted by Gasteiger charge is -2.37. The number of para-hydroxylation sites is 1. The van der Waals surface area contributed by atoms with Gasteiger partial charge in [0.2, 0.25) is 5.91 Å². The summed E-state index contributed by atoms with van der Waals surface area (Å²) in [5.41, 5.74) is 4.33. The summed E-state index contributed by atoms with van der Waals surface area (Å²) in [6, 6.07) is 18.8. The summed E-state index contributed by atoms with van der Waals surface area (Å²) in [4.78, 5) is 26.8. The van der Waals surface area contributed by atoms with Gasteiger partial charge in [0.15, 0.2) is 10.9 Å². The van der Waals surface area contributed by atoms with Crippen LogP contribution in [0.15, 0.2) is 78.1 Å². The monoisotopic (exact) mass is 430 g/mol. The van der Waals surface area contributed by atoms with Crippen molar-refractivity contribution >= 4 is 29.0 Å². The lowest BCUT2D eigenvalue weighted by molar-refractivity contribution is -0.126. The number of thiocarbonyl (C=S) groups is 1. The van der Waals surface area contributed by atoms with Gasteiger partial charge in [0.05, 0.1) is 17.4 Å². The number of carbonyl (C=O) groups is 2. The number of rotatable bonds is 4. The van der Waals surface area contributed by atoms with E-state index in [1.807, 2.05) is 66.9 Å². The van der Waals surface area contributed by atoms with Crippen LogP contribution in [0.3, 0.4) is 0 Å². The number of nitrogens with one attached hydrogen (secondary N) is 1. The lowest BCUT2D eigenvalue weighted by atomic mass is 9.90. The topological polar surface area (TPSA) is 67.2 Å². The quantitative estimate of drug-likeness (QED) is 0.629. The van der Waals surface area contributed by atoms with Gasteiger partial charge in [-0.1, -0.05) is 48.5 Å². The zero-order valence-corrected chi connectivity index (χ0v) is 18.3. The van der Waals surface area contributed by atoms with E-state index in [9.17, 15) is 9.59 Å². The summed E-state index contributed by atoms with van der Waals surface area (Å²) in [5, 5.41) is 8.12. The maximum atomic E-state index is 12.7. The second kappa shape index (κ2) is 8.28. The first-order valence-corrected chi connectivity index (χ1v) is 10.3. The van der Waals surface area contributed by atoms with Gasteiger partial charge in [-0.05, 0) is 38.2 Å². The van der Waals surface area contributed by atoms with E-state index in [1.165, 1.54) is 18.7 Å². The molecule has 0 saturated heterocycles. The zero-order valence-electron chi connectivity index (χ0n) is 17.5. The molecule has 1 aliphatic heterocycles. The number of hydrogen-bond donors (Lipinski definition) is 1. The van der Waals surface area contributed by atoms with Crippen molar-refractivity contribution in [3.8, 4) is 16.9 Å². The van der Waals surface area contributed by atoms with Gasteiger partial charge in [-0.3, -0.25) is 14.5 Å². The van der Waals surface area contributed by atoms with E-state index in [4.69, 9.17) is 17.3 Å². The summed E-state index contributed by atoms with van der Waals surface area (Å²) in [5.74, 6) is -0.379. The maximum Gasteiger partial charge on any atom is 0.226 e. The fourth-order valence-electron chi connectivity index (χ4n) is 3.94. The first kappa shape index (κ1) is 20.7. The molecule has 1 amide bonds. The van der Waals surface area contributed by atoms with Crippen molar-refractivity contribution in [3.63, 3.8) is 0 Å². The Morgan fingerprint density at radius 3 is 2.19 bits per heavy atom. The van der Waals surface area contributed by atoms with E-state index < -0.39 is 6.04 Å². The van der Waals surface area contributed by atoms with Crippen molar-refractivity contribution in [3.05, 3.63) is 83.7 Å². The Hall–Kier alpha value is -3.58. The standard InChI is InChI=1S/C24H22N4O2S/c1-15-21(16(2)29)23(28(17(3)30)24(31)25-15)20-14-27(19-12-8-5-9-13-19)26-22(20)18-10-6-4-7-11-18/h4-14,23H,1-3H3,(H,25,31). The highest BCUT2D eigenvalue weighted by molar-refractivity contribution is 7.80. The third kappa shape index (κ3) is 3.80. The van der Waals surface area contributed by atoms with Crippen molar-refractivity contribution < 1.29 is 9.59 Å². The number of amides is 1. The minimum Gasteiger partial charge on any atom is -0.336 e. The van der Waals surface area contributed by atoms with Crippen LogP contribution in [0.5, 0.6) is 0 Å². The smallest absolute Gasteiger partial charge is 0.226 e. The van der Waals surface area contributed by atoms with Crippen LogP contribution in [-0.2, 0) is 9.59 Å². The van der Waals surface area contributed by atoms with Gasteiger partial charge in [-0.25, -0.2) is 4.68 Å². The molecular weight excluding hydrogens is 408 g/mol. The van der Waals surface area contributed by atoms with Crippen LogP contribution in [0.25, 0.3) is 16.9 Å². The molecule has 0 bridgehead atoms. The number of hydrogen-bond acceptors (Lipinski definition) is 4. The first-order valence-electron chi connectivity index (χ1n) is 9.91. The van der Waals surface area contributed by atoms with Crippen LogP contribution in [0, 0.1) is 0 Å². The minimum atomic E-state index is -0.670. The fraction of sp³-hybridized carbons (Fsp3) is 0.167. The molecule has 6 nitrogen and oxygen atoms in total. The van der Waals surface area contributed by atoms with E-state index in [0.29, 0.717) is 17.0 Å². The third-order valence-corrected chi connectivity index (χ3v) is 5.57. The summed E-state index contributed by atoms with van der Waals surface area (Å²) in [7, 11) is 0. The number of aromatic nitrogens is 2. The summed E-state index contributed by atoms with van der Waals surface area (Å²) in [6.45, 7) is 4.75. The Bertz CT molecular complexity index is 1200. The maximum absolute atomic E-state index is 12.7. The summed E-state index contributed by atoms with van der Waals surface area (Å²) in [6.07, 6.45) is 1.88. The molecule has 4 rings (SSSR count). The number of carbonyl (C=O) groups excluding carboxylic acids is 2. The van der Waals surface area contributed by atoms with Crippen molar-refractivity contribution in [2.24, 2.45) is 0 Å². The average molecular weight is 431 g/mol. The van der Waals surface area contributed by atoms with Gasteiger partial charge in [0.25, 0.3) is 0 Å². The molecule has 2 heterocycles. The molecular formula is C24H22N4O2S. The van der Waals surface area contributed by atoms with Crippen molar-refractivity contribution in [1.82, 2.24) is 20.0 Å². The Balaban J connectivity index is 2.01. The molecule has 1 atom stereocenters. The van der Waals surface area contributed by atoms with E-state index in [0.717, 1.165) is 16.8 Å². The number of benzene rings is 2. The molecule has 0 aliphatic carbocycles. The second-order valence-corrected chi connectivity index (χ2v) is 7.78. The SMILES string of the molecule is CC(=O)C1=C(C)NC(=S)N(C(C)=O)C1c1cn(-c2ccccc2)nc1-c1ccccc1. The molecule has 3 aromatic rings. The Kier molecular flexibility index (Phi) is 5.52. The number of Topliss-reactive ketones (excluding diaryl/α,β-unsaturated/α-hetero) is 1. The molecule has 0 saturated carbocycles. The van der Waals surface area contributed by atoms with Crippen molar-refractivity contribution in [2.75, 3.05) is 0 Å². The number of allylic oxidation sites excluding steroid dienone is 1. The molecule has 0 fully saturated rings. The van der Waals surface area contributed by atoms with Crippen molar-refractivity contribution in [2.45, 2.75) is 26.8 Å². The van der Waals surface area contributed by atoms with Gasteiger partial charge in [0.1, 0.15) is 0 Å². The van der Waals surface area contributed by atoms with Crippen LogP contribution in [0.1, 0.15) is 32.4 Å². The predicted octanol–water partition coefficient (Wildman–Crippen LogP) is 4.18. The fourth-order valence-corrected chi connectivity index (χ4v) is 4.32. The first-order chi connectivity index (χ1) is 14.9. The largest absolute Gasteiger partial charge is 0.336 e. The summed E-state index contributed by atoms with van der Waals surface area (Å²) < 4.78 is 1.77. The Morgan fingerprint density at radius 2 is 1.61 bits per heavy atom. The highest BCUT2D eigenvalue weighted by atomic mass is 32.1. The van der Waals surface area contributed by atoms with Gasteiger partial charge < -0.3 is 5.32 Å². The molecule has 2 aromatic carbocycles. The Labute approximate surface area is 186 Å². The van der Waals surface area contributed by atoms with Crippen LogP contribution >= 0.6 is 12.2 Å². The van der Waals surface area contributed by atoms with Crippen LogP contribution < -0.4 is 5.32 Å². The van der Waals surface area contributed by atoms with E-state index in [2.05, 4.69) is 5.32 Å². The van der Waals surface area contributed by atoms with E-state index in [-0.39, 0.29) is 16.8 Å². The van der Waals surface area contributed by atoms with E-state index >= 15 is 0 Å². The molecule has 0 spiro atoms.